The predicted octanol–water partition coefficient (Wildman–Crippen LogP) is 30.6. The van der Waals surface area contributed by atoms with Gasteiger partial charge in [-0.15, -0.1) is 0 Å². The fraction of sp³-hybridized carbons (Fsp3) is 0.0357. The molecule has 7 heteroatoms. The van der Waals surface area contributed by atoms with Gasteiger partial charge in [-0.1, -0.05) is 218 Å². The van der Waals surface area contributed by atoms with Gasteiger partial charge in [0.1, 0.15) is 0 Å². The molecule has 0 N–H and O–H groups in total. The Kier molecular flexibility index (Phi) is 18.2. The Labute approximate surface area is 693 Å². The third-order valence-corrected chi connectivity index (χ3v) is 23.7. The number of aryl methyl sites for hydroxylation is 3. The number of aromatic nitrogens is 3. The molecule has 0 aliphatic carbocycles. The number of benzene rings is 18. The molecule has 0 amide bonds. The van der Waals surface area contributed by atoms with E-state index in [0.29, 0.717) is 0 Å². The number of para-hydroxylation sites is 7. The van der Waals surface area contributed by atoms with Crippen molar-refractivity contribution in [2.45, 2.75) is 26.7 Å². The summed E-state index contributed by atoms with van der Waals surface area (Å²) in [6, 6.07) is 162. The zero-order chi connectivity index (χ0) is 79.4. The summed E-state index contributed by atoms with van der Waals surface area (Å²) in [5.41, 5.74) is 32.8. The van der Waals surface area contributed by atoms with E-state index in [1.165, 1.54) is 87.8 Å². The Bertz CT molecular complexity index is 6890. The van der Waals surface area contributed by atoms with Crippen molar-refractivity contribution in [3.05, 3.63) is 476 Å². The largest absolute Gasteiger partial charge is 0.310 e. The SMILES string of the molecule is Cc1cccc(N(c2ccccc2)c2ccc(C(c3ccc(N(c4ccccc4)c4cccc(C)c4)cc3)c3ccc(N(c4ccc(-c5ccc6c(c5)c5ccccc5n6-c5ccc(N(c6ccc(-n7c8ccccc8c8ccccc87)cc6)c6ccc(-n7c8ccccc8c8ccccc87)cc6)cc5)cc4)c4cccc(C)c4)cc3)cc2)c1. The van der Waals surface area contributed by atoms with Crippen LogP contribution in [0.2, 0.25) is 0 Å². The van der Waals surface area contributed by atoms with Crippen molar-refractivity contribution in [2.75, 3.05) is 19.6 Å². The lowest BCUT2D eigenvalue weighted by Gasteiger charge is -2.28. The second kappa shape index (κ2) is 30.4. The molecule has 0 atom stereocenters. The smallest absolute Gasteiger partial charge is 0.0541 e. The Morgan fingerprint density at radius 3 is 0.697 bits per heavy atom. The van der Waals surface area contributed by atoms with Crippen molar-refractivity contribution in [1.29, 1.82) is 0 Å². The standard InChI is InChI=1S/C112H83N7/c1-77-23-20-30-97(73-77)114(85-26-6-4-7-27-85)88-54-45-81(46-55-88)112(82-47-56-89(57-48-82)115(86-28-8-5-9-29-86)98-31-21-24-78(2)74-98)83-49-58-90(59-50-83)116(99-32-22-25-79(3)75-99)87-52-43-80(44-53-87)84-51-72-111-105(76-84)104-37-14-19-42-110(104)119(111)96-70-64-93(65-71-96)113(91-60-66-94(67-61-91)117-106-38-15-10-33-100(106)101-34-11-16-39-107(101)117)92-62-68-95(69-63-92)118-108-40-17-12-35-102(108)103-36-13-18-41-109(103)118/h4-76,112H,1-3H3. The third-order valence-electron chi connectivity index (χ3n) is 23.7. The van der Waals surface area contributed by atoms with Gasteiger partial charge in [0, 0.05) is 124 Å². The van der Waals surface area contributed by atoms with Gasteiger partial charge in [-0.05, 0) is 290 Å². The third kappa shape index (κ3) is 13.2. The van der Waals surface area contributed by atoms with Crippen LogP contribution >= 0.6 is 0 Å². The number of anilines is 12. The van der Waals surface area contributed by atoms with Crippen LogP contribution in [0.4, 0.5) is 68.2 Å². The summed E-state index contributed by atoms with van der Waals surface area (Å²) in [6.07, 6.45) is 0. The molecule has 0 saturated heterocycles. The summed E-state index contributed by atoms with van der Waals surface area (Å²) < 4.78 is 7.19. The number of rotatable bonds is 19. The van der Waals surface area contributed by atoms with E-state index in [-0.39, 0.29) is 5.92 Å². The first-order chi connectivity index (χ1) is 58.7. The molecule has 3 aromatic heterocycles. The average Bonchev–Trinajstić information content (AvgIpc) is 1.60. The van der Waals surface area contributed by atoms with Gasteiger partial charge in [0.25, 0.3) is 0 Å². The lowest BCUT2D eigenvalue weighted by Crippen LogP contribution is -2.12. The summed E-state index contributed by atoms with van der Waals surface area (Å²) in [5, 5.41) is 7.36. The van der Waals surface area contributed by atoms with Crippen molar-refractivity contribution in [1.82, 2.24) is 13.7 Å². The lowest BCUT2D eigenvalue weighted by atomic mass is 9.84. The summed E-state index contributed by atoms with van der Waals surface area (Å²) in [5.74, 6) is -0.0972. The van der Waals surface area contributed by atoms with Gasteiger partial charge in [-0.25, -0.2) is 0 Å². The molecular formula is C112H83N7. The van der Waals surface area contributed by atoms with Crippen LogP contribution in [0, 0.1) is 20.8 Å². The molecule has 119 heavy (non-hydrogen) atoms. The molecule has 0 aliphatic heterocycles. The molecule has 3 heterocycles. The zero-order valence-electron chi connectivity index (χ0n) is 66.4. The van der Waals surface area contributed by atoms with Crippen LogP contribution in [0.15, 0.2) is 443 Å². The van der Waals surface area contributed by atoms with Gasteiger partial charge in [-0.2, -0.15) is 0 Å². The van der Waals surface area contributed by atoms with Crippen LogP contribution in [0.25, 0.3) is 93.6 Å². The fourth-order valence-corrected chi connectivity index (χ4v) is 18.2. The van der Waals surface area contributed by atoms with Crippen molar-refractivity contribution in [3.8, 4) is 28.2 Å². The zero-order valence-corrected chi connectivity index (χ0v) is 66.4. The van der Waals surface area contributed by atoms with E-state index in [9.17, 15) is 0 Å². The summed E-state index contributed by atoms with van der Waals surface area (Å²) in [6.45, 7) is 6.49. The summed E-state index contributed by atoms with van der Waals surface area (Å²) in [7, 11) is 0. The molecule has 21 aromatic rings. The van der Waals surface area contributed by atoms with Crippen LogP contribution < -0.4 is 19.6 Å². The predicted molar refractivity (Wildman–Crippen MR) is 502 cm³/mol. The van der Waals surface area contributed by atoms with Crippen LogP contribution in [0.5, 0.6) is 0 Å². The summed E-state index contributed by atoms with van der Waals surface area (Å²) >= 11 is 0. The van der Waals surface area contributed by atoms with Gasteiger partial charge < -0.3 is 33.3 Å². The number of hydrogen-bond donors (Lipinski definition) is 0. The molecule has 0 radical (unpaired) electrons. The molecule has 18 aromatic carbocycles. The second-order valence-electron chi connectivity index (χ2n) is 31.2. The average molecular weight is 1530 g/mol. The van der Waals surface area contributed by atoms with Crippen LogP contribution in [-0.2, 0) is 0 Å². The van der Waals surface area contributed by atoms with E-state index >= 15 is 0 Å². The first-order valence-electron chi connectivity index (χ1n) is 41.0. The monoisotopic (exact) mass is 1530 g/mol. The first-order valence-corrected chi connectivity index (χ1v) is 41.0. The number of fused-ring (bicyclic) bond motifs is 9. The number of hydrogen-bond acceptors (Lipinski definition) is 4. The van der Waals surface area contributed by atoms with Crippen molar-refractivity contribution < 1.29 is 0 Å². The maximum absolute atomic E-state index is 2.42. The van der Waals surface area contributed by atoms with Gasteiger partial charge in [0.05, 0.1) is 33.1 Å². The molecule has 0 bridgehead atoms. The van der Waals surface area contributed by atoms with E-state index in [4.69, 9.17) is 0 Å². The van der Waals surface area contributed by atoms with E-state index < -0.39 is 0 Å². The van der Waals surface area contributed by atoms with E-state index in [0.717, 1.165) is 107 Å². The molecule has 566 valence electrons. The van der Waals surface area contributed by atoms with Crippen LogP contribution in [-0.4, -0.2) is 13.7 Å². The maximum atomic E-state index is 2.42. The minimum absolute atomic E-state index is 0.0972. The van der Waals surface area contributed by atoms with E-state index in [2.05, 4.69) is 497 Å². The number of nitrogens with zero attached hydrogens (tertiary/aromatic N) is 7. The van der Waals surface area contributed by atoms with Gasteiger partial charge in [0.2, 0.25) is 0 Å². The van der Waals surface area contributed by atoms with E-state index in [1.54, 1.807) is 0 Å². The molecule has 0 unspecified atom stereocenters. The highest BCUT2D eigenvalue weighted by Gasteiger charge is 2.25. The normalized spacial score (nSPS) is 11.6. The minimum Gasteiger partial charge on any atom is -0.310 e. The second-order valence-corrected chi connectivity index (χ2v) is 31.2. The highest BCUT2D eigenvalue weighted by Crippen LogP contribution is 2.46. The van der Waals surface area contributed by atoms with Crippen molar-refractivity contribution in [2.24, 2.45) is 0 Å². The van der Waals surface area contributed by atoms with Gasteiger partial charge >= 0.3 is 0 Å². The van der Waals surface area contributed by atoms with Gasteiger partial charge in [0.15, 0.2) is 0 Å². The van der Waals surface area contributed by atoms with Crippen LogP contribution in [0.1, 0.15) is 39.3 Å². The molecule has 0 aliphatic rings. The lowest BCUT2D eigenvalue weighted by molar-refractivity contribution is 0.975. The minimum atomic E-state index is -0.0972. The molecule has 0 spiro atoms. The molecule has 7 nitrogen and oxygen atoms in total. The first kappa shape index (κ1) is 71.3. The topological polar surface area (TPSA) is 27.8 Å². The highest BCUT2D eigenvalue weighted by atomic mass is 15.2. The molecule has 0 fully saturated rings. The van der Waals surface area contributed by atoms with Crippen LogP contribution in [0.3, 0.4) is 0 Å². The summed E-state index contributed by atoms with van der Waals surface area (Å²) in [4.78, 5) is 9.47. The quantitative estimate of drug-likeness (QED) is 0.0754. The highest BCUT2D eigenvalue weighted by molar-refractivity contribution is 6.12. The molecule has 21 rings (SSSR count). The Hall–Kier alpha value is -15.4. The van der Waals surface area contributed by atoms with Crippen molar-refractivity contribution >= 4 is 134 Å². The van der Waals surface area contributed by atoms with Crippen molar-refractivity contribution in [3.63, 3.8) is 0 Å². The van der Waals surface area contributed by atoms with Gasteiger partial charge in [-0.3, -0.25) is 0 Å². The molecular weight excluding hydrogens is 1440 g/mol. The Morgan fingerprint density at radius 2 is 0.395 bits per heavy atom. The Morgan fingerprint density at radius 1 is 0.168 bits per heavy atom. The molecule has 0 saturated carbocycles. The van der Waals surface area contributed by atoms with E-state index in [1.807, 2.05) is 0 Å². The Balaban J connectivity index is 0.609. The maximum Gasteiger partial charge on any atom is 0.0541 e. The fourth-order valence-electron chi connectivity index (χ4n) is 18.2.